The van der Waals surface area contributed by atoms with Crippen LogP contribution in [0.25, 0.3) is 11.5 Å². The summed E-state index contributed by atoms with van der Waals surface area (Å²) in [5, 5.41) is 8.72. The van der Waals surface area contributed by atoms with Crippen LogP contribution < -0.4 is 0 Å². The van der Waals surface area contributed by atoms with E-state index >= 15 is 0 Å². The van der Waals surface area contributed by atoms with Crippen molar-refractivity contribution in [1.82, 2.24) is 24.8 Å². The van der Waals surface area contributed by atoms with Crippen LogP contribution in [0.2, 0.25) is 0 Å². The molecule has 3 heterocycles. The van der Waals surface area contributed by atoms with Crippen molar-refractivity contribution >= 4 is 5.91 Å². The van der Waals surface area contributed by atoms with Gasteiger partial charge in [-0.05, 0) is 50.8 Å². The lowest BCUT2D eigenvalue weighted by Crippen LogP contribution is -2.35. The second-order valence-electron chi connectivity index (χ2n) is 8.05. The molecule has 7 heteroatoms. The largest absolute Gasteiger partial charge is 0.334 e. The fourth-order valence-corrected chi connectivity index (χ4v) is 4.30. The van der Waals surface area contributed by atoms with Crippen LogP contribution in [0, 0.1) is 13.8 Å². The summed E-state index contributed by atoms with van der Waals surface area (Å²) in [6, 6.07) is 9.62. The van der Waals surface area contributed by atoms with E-state index in [9.17, 15) is 4.79 Å². The highest BCUT2D eigenvalue weighted by Gasteiger charge is 2.30. The van der Waals surface area contributed by atoms with Crippen molar-refractivity contribution in [2.45, 2.75) is 58.4 Å². The smallest absolute Gasteiger partial charge is 0.257 e. The maximum atomic E-state index is 13.2. The molecule has 1 aliphatic heterocycles. The normalized spacial score (nSPS) is 17.2. The predicted octanol–water partition coefficient (Wildman–Crippen LogP) is 4.16. The van der Waals surface area contributed by atoms with E-state index in [0.717, 1.165) is 49.2 Å². The molecule has 2 aromatic heterocycles. The van der Waals surface area contributed by atoms with E-state index < -0.39 is 0 Å². The molecular formula is C23H29N5O2. The number of likely N-dealkylation sites (tertiary alicyclic amines) is 1. The molecule has 0 spiro atoms. The van der Waals surface area contributed by atoms with E-state index in [1.807, 2.05) is 53.9 Å². The van der Waals surface area contributed by atoms with Crippen molar-refractivity contribution in [2.75, 3.05) is 6.54 Å². The number of rotatable bonds is 5. The minimum Gasteiger partial charge on any atom is -0.334 e. The number of nitrogens with zero attached hydrogens (tertiary/aromatic N) is 5. The monoisotopic (exact) mass is 407 g/mol. The van der Waals surface area contributed by atoms with Crippen molar-refractivity contribution in [3.8, 4) is 11.5 Å². The second-order valence-corrected chi connectivity index (χ2v) is 8.05. The van der Waals surface area contributed by atoms with E-state index in [-0.39, 0.29) is 11.9 Å². The Morgan fingerprint density at radius 2 is 1.97 bits per heavy atom. The van der Waals surface area contributed by atoms with E-state index in [1.165, 1.54) is 5.56 Å². The third-order valence-electron chi connectivity index (χ3n) is 6.08. The number of aromatic nitrogens is 4. The molecule has 1 atom stereocenters. The van der Waals surface area contributed by atoms with Crippen LogP contribution in [0.1, 0.15) is 60.9 Å². The van der Waals surface area contributed by atoms with Gasteiger partial charge in [-0.3, -0.25) is 9.48 Å². The van der Waals surface area contributed by atoms with Gasteiger partial charge >= 0.3 is 0 Å². The standard InChI is InChI=1S/C23H29N5O2/c1-16-19(17(2)27(3)25-16)13-14-21(29)28-15-9-5-8-12-20(28)22-24-23(30-26-22)18-10-6-4-7-11-18/h4,6-7,10-11,20H,5,8-9,12-15H2,1-3H3/t20-/m0/s1. The van der Waals surface area contributed by atoms with Gasteiger partial charge in [0.1, 0.15) is 0 Å². The van der Waals surface area contributed by atoms with Crippen LogP contribution in [0.4, 0.5) is 0 Å². The van der Waals surface area contributed by atoms with Gasteiger partial charge < -0.3 is 9.42 Å². The highest BCUT2D eigenvalue weighted by molar-refractivity contribution is 5.77. The van der Waals surface area contributed by atoms with E-state index in [4.69, 9.17) is 4.52 Å². The zero-order chi connectivity index (χ0) is 21.1. The van der Waals surface area contributed by atoms with Crippen LogP contribution in [0.5, 0.6) is 0 Å². The highest BCUT2D eigenvalue weighted by atomic mass is 16.5. The average Bonchev–Trinajstić information content (AvgIpc) is 3.23. The molecule has 0 N–H and O–H groups in total. The van der Waals surface area contributed by atoms with Crippen LogP contribution >= 0.6 is 0 Å². The molecule has 1 amide bonds. The van der Waals surface area contributed by atoms with Crippen molar-refractivity contribution in [3.05, 3.63) is 53.1 Å². The van der Waals surface area contributed by atoms with Crippen molar-refractivity contribution < 1.29 is 9.32 Å². The Bertz CT molecular complexity index is 1010. The Hall–Kier alpha value is -2.96. The van der Waals surface area contributed by atoms with Crippen LogP contribution in [0.15, 0.2) is 34.9 Å². The Balaban J connectivity index is 1.52. The number of carbonyl (C=O) groups excluding carboxylic acids is 1. The molecule has 0 radical (unpaired) electrons. The topological polar surface area (TPSA) is 77.0 Å². The summed E-state index contributed by atoms with van der Waals surface area (Å²) < 4.78 is 7.41. The zero-order valence-corrected chi connectivity index (χ0v) is 18.0. The summed E-state index contributed by atoms with van der Waals surface area (Å²) >= 11 is 0. The number of carbonyl (C=O) groups is 1. The molecule has 3 aromatic rings. The van der Waals surface area contributed by atoms with Crippen molar-refractivity contribution in [3.63, 3.8) is 0 Å². The highest BCUT2D eigenvalue weighted by Crippen LogP contribution is 2.31. The number of hydrogen-bond donors (Lipinski definition) is 0. The maximum Gasteiger partial charge on any atom is 0.257 e. The Kier molecular flexibility index (Phi) is 5.97. The minimum atomic E-state index is -0.127. The number of amides is 1. The number of hydrogen-bond acceptors (Lipinski definition) is 5. The first-order chi connectivity index (χ1) is 14.5. The van der Waals surface area contributed by atoms with Gasteiger partial charge in [0, 0.05) is 31.3 Å². The van der Waals surface area contributed by atoms with Crippen LogP contribution in [0.3, 0.4) is 0 Å². The molecule has 0 bridgehead atoms. The van der Waals surface area contributed by atoms with E-state index in [0.29, 0.717) is 24.6 Å². The van der Waals surface area contributed by atoms with Crippen molar-refractivity contribution in [2.24, 2.45) is 7.05 Å². The molecule has 0 unspecified atom stereocenters. The summed E-state index contributed by atoms with van der Waals surface area (Å²) in [6.07, 6.45) is 5.22. The maximum absolute atomic E-state index is 13.2. The first-order valence-electron chi connectivity index (χ1n) is 10.7. The average molecular weight is 408 g/mol. The number of aryl methyl sites for hydroxylation is 2. The first kappa shape index (κ1) is 20.3. The Morgan fingerprint density at radius 3 is 2.70 bits per heavy atom. The second kappa shape index (κ2) is 8.81. The molecule has 0 aliphatic carbocycles. The lowest BCUT2D eigenvalue weighted by Gasteiger charge is -2.28. The molecule has 1 fully saturated rings. The molecule has 0 saturated carbocycles. The lowest BCUT2D eigenvalue weighted by atomic mass is 10.1. The van der Waals surface area contributed by atoms with Crippen molar-refractivity contribution in [1.29, 1.82) is 0 Å². The van der Waals surface area contributed by atoms with Gasteiger partial charge in [-0.1, -0.05) is 36.2 Å². The van der Waals surface area contributed by atoms with Gasteiger partial charge in [-0.2, -0.15) is 10.1 Å². The van der Waals surface area contributed by atoms with Gasteiger partial charge in [0.25, 0.3) is 5.89 Å². The summed E-state index contributed by atoms with van der Waals surface area (Å²) in [7, 11) is 1.94. The SMILES string of the molecule is Cc1nn(C)c(C)c1CCC(=O)N1CCCCC[C@H]1c1noc(-c2ccccc2)n1. The number of benzene rings is 1. The quantitative estimate of drug-likeness (QED) is 0.635. The molecular weight excluding hydrogens is 378 g/mol. The van der Waals surface area contributed by atoms with Gasteiger partial charge in [-0.25, -0.2) is 0 Å². The van der Waals surface area contributed by atoms with E-state index in [1.54, 1.807) is 0 Å². The van der Waals surface area contributed by atoms with Crippen LogP contribution in [-0.4, -0.2) is 37.3 Å². The van der Waals surface area contributed by atoms with Gasteiger partial charge in [-0.15, -0.1) is 0 Å². The fourth-order valence-electron chi connectivity index (χ4n) is 4.30. The molecule has 4 rings (SSSR count). The molecule has 30 heavy (non-hydrogen) atoms. The predicted molar refractivity (Wildman–Crippen MR) is 114 cm³/mol. The molecule has 1 aromatic carbocycles. The molecule has 158 valence electrons. The molecule has 1 aliphatic rings. The minimum absolute atomic E-state index is 0.127. The first-order valence-corrected chi connectivity index (χ1v) is 10.7. The Labute approximate surface area is 177 Å². The molecule has 7 nitrogen and oxygen atoms in total. The lowest BCUT2D eigenvalue weighted by molar-refractivity contribution is -0.133. The van der Waals surface area contributed by atoms with Crippen LogP contribution in [-0.2, 0) is 18.3 Å². The molecule has 1 saturated heterocycles. The summed E-state index contributed by atoms with van der Waals surface area (Å²) in [5.74, 6) is 1.26. The van der Waals surface area contributed by atoms with Gasteiger partial charge in [0.15, 0.2) is 5.82 Å². The Morgan fingerprint density at radius 1 is 1.17 bits per heavy atom. The fraction of sp³-hybridized carbons (Fsp3) is 0.478. The summed E-state index contributed by atoms with van der Waals surface area (Å²) in [6.45, 7) is 4.80. The van der Waals surface area contributed by atoms with E-state index in [2.05, 4.69) is 22.2 Å². The summed E-state index contributed by atoms with van der Waals surface area (Å²) in [5.41, 5.74) is 4.19. The third-order valence-corrected chi connectivity index (χ3v) is 6.08. The summed E-state index contributed by atoms with van der Waals surface area (Å²) in [4.78, 5) is 19.8. The van der Waals surface area contributed by atoms with Gasteiger partial charge in [0.05, 0.1) is 11.7 Å². The third kappa shape index (κ3) is 4.15. The van der Waals surface area contributed by atoms with Gasteiger partial charge in [0.2, 0.25) is 5.91 Å². The zero-order valence-electron chi connectivity index (χ0n) is 18.0.